The van der Waals surface area contributed by atoms with Crippen LogP contribution in [-0.2, 0) is 6.54 Å². The second kappa shape index (κ2) is 5.83. The highest BCUT2D eigenvalue weighted by atomic mass is 35.5. The standard InChI is InChI=1S/C13H13ClN4O2/c1-9-5-13(11(14)6-12(9)18(19)20)17(2)8-10-7-15-3-4-16-10/h3-7H,8H2,1-2H3. The number of aryl methyl sites for hydroxylation is 1. The fourth-order valence-electron chi connectivity index (χ4n) is 1.88. The quantitative estimate of drug-likeness (QED) is 0.640. The van der Waals surface area contributed by atoms with Crippen LogP contribution >= 0.6 is 11.6 Å². The van der Waals surface area contributed by atoms with Crippen LogP contribution in [-0.4, -0.2) is 21.9 Å². The first-order valence-electron chi connectivity index (χ1n) is 5.89. The molecule has 0 atom stereocenters. The van der Waals surface area contributed by atoms with Gasteiger partial charge in [0.15, 0.2) is 0 Å². The molecule has 0 saturated heterocycles. The number of aromatic nitrogens is 2. The Labute approximate surface area is 121 Å². The predicted octanol–water partition coefficient (Wildman–Crippen LogP) is 2.98. The summed E-state index contributed by atoms with van der Waals surface area (Å²) < 4.78 is 0. The summed E-state index contributed by atoms with van der Waals surface area (Å²) in [5.41, 5.74) is 2.11. The van der Waals surface area contributed by atoms with Crippen LogP contribution in [0.15, 0.2) is 30.7 Å². The minimum Gasteiger partial charge on any atom is -0.367 e. The van der Waals surface area contributed by atoms with Crippen molar-refractivity contribution in [1.82, 2.24) is 9.97 Å². The summed E-state index contributed by atoms with van der Waals surface area (Å²) in [4.78, 5) is 20.5. The first-order valence-corrected chi connectivity index (χ1v) is 6.27. The van der Waals surface area contributed by atoms with Crippen LogP contribution in [0.5, 0.6) is 0 Å². The van der Waals surface area contributed by atoms with E-state index >= 15 is 0 Å². The molecule has 0 saturated carbocycles. The van der Waals surface area contributed by atoms with Crippen LogP contribution in [0.1, 0.15) is 11.3 Å². The minimum atomic E-state index is -0.437. The van der Waals surface area contributed by atoms with Crippen LogP contribution in [0.2, 0.25) is 5.02 Å². The lowest BCUT2D eigenvalue weighted by molar-refractivity contribution is -0.385. The third kappa shape index (κ3) is 3.03. The third-order valence-electron chi connectivity index (χ3n) is 2.89. The Morgan fingerprint density at radius 3 is 2.75 bits per heavy atom. The van der Waals surface area contributed by atoms with Gasteiger partial charge in [0.2, 0.25) is 0 Å². The molecule has 20 heavy (non-hydrogen) atoms. The maximum Gasteiger partial charge on any atom is 0.273 e. The van der Waals surface area contributed by atoms with Crippen molar-refractivity contribution >= 4 is 23.0 Å². The van der Waals surface area contributed by atoms with Gasteiger partial charge in [0.25, 0.3) is 5.69 Å². The first-order chi connectivity index (χ1) is 9.49. The number of nitro groups is 1. The molecule has 6 nitrogen and oxygen atoms in total. The van der Waals surface area contributed by atoms with Gasteiger partial charge >= 0.3 is 0 Å². The van der Waals surface area contributed by atoms with E-state index in [4.69, 9.17) is 11.6 Å². The highest BCUT2D eigenvalue weighted by molar-refractivity contribution is 6.33. The molecule has 1 aromatic heterocycles. The van der Waals surface area contributed by atoms with Crippen molar-refractivity contribution in [2.75, 3.05) is 11.9 Å². The topological polar surface area (TPSA) is 72.2 Å². The molecular weight excluding hydrogens is 280 g/mol. The van der Waals surface area contributed by atoms with Gasteiger partial charge in [0.05, 0.1) is 34.1 Å². The number of anilines is 1. The van der Waals surface area contributed by atoms with Crippen LogP contribution in [0.3, 0.4) is 0 Å². The van der Waals surface area contributed by atoms with E-state index in [1.165, 1.54) is 6.07 Å². The second-order valence-electron chi connectivity index (χ2n) is 4.40. The molecule has 0 amide bonds. The number of hydrogen-bond acceptors (Lipinski definition) is 5. The molecule has 0 unspecified atom stereocenters. The largest absolute Gasteiger partial charge is 0.367 e. The zero-order valence-electron chi connectivity index (χ0n) is 11.1. The van der Waals surface area contributed by atoms with E-state index in [1.54, 1.807) is 31.6 Å². The van der Waals surface area contributed by atoms with E-state index < -0.39 is 4.92 Å². The van der Waals surface area contributed by atoms with E-state index in [-0.39, 0.29) is 5.69 Å². The maximum absolute atomic E-state index is 10.9. The minimum absolute atomic E-state index is 0.0200. The SMILES string of the molecule is Cc1cc(N(C)Cc2cnccn2)c(Cl)cc1[N+](=O)[O-]. The average Bonchev–Trinajstić information content (AvgIpc) is 2.41. The Morgan fingerprint density at radius 1 is 1.40 bits per heavy atom. The van der Waals surface area contributed by atoms with Crippen LogP contribution in [0.25, 0.3) is 0 Å². The van der Waals surface area contributed by atoms with Crippen molar-refractivity contribution in [3.05, 3.63) is 57.1 Å². The summed E-state index contributed by atoms with van der Waals surface area (Å²) in [6.07, 6.45) is 4.89. The molecule has 0 N–H and O–H groups in total. The summed E-state index contributed by atoms with van der Waals surface area (Å²) in [5.74, 6) is 0. The lowest BCUT2D eigenvalue weighted by atomic mass is 10.1. The number of benzene rings is 1. The Morgan fingerprint density at radius 2 is 2.15 bits per heavy atom. The van der Waals surface area contributed by atoms with Crippen molar-refractivity contribution < 1.29 is 4.92 Å². The lowest BCUT2D eigenvalue weighted by Crippen LogP contribution is -2.18. The molecule has 2 aromatic rings. The van der Waals surface area contributed by atoms with Crippen molar-refractivity contribution in [2.45, 2.75) is 13.5 Å². The predicted molar refractivity (Wildman–Crippen MR) is 77.0 cm³/mol. The van der Waals surface area contributed by atoms with Gasteiger partial charge in [-0.25, -0.2) is 0 Å². The molecule has 1 heterocycles. The van der Waals surface area contributed by atoms with Crippen molar-refractivity contribution in [3.8, 4) is 0 Å². The highest BCUT2D eigenvalue weighted by Gasteiger charge is 2.16. The van der Waals surface area contributed by atoms with Gasteiger partial charge in [-0.2, -0.15) is 0 Å². The molecule has 0 aliphatic heterocycles. The van der Waals surface area contributed by atoms with E-state index in [2.05, 4.69) is 9.97 Å². The fraction of sp³-hybridized carbons (Fsp3) is 0.231. The number of hydrogen-bond donors (Lipinski definition) is 0. The third-order valence-corrected chi connectivity index (χ3v) is 3.19. The summed E-state index contributed by atoms with van der Waals surface area (Å²) in [6, 6.07) is 3.08. The number of nitrogens with zero attached hydrogens (tertiary/aromatic N) is 4. The van der Waals surface area contributed by atoms with Crippen molar-refractivity contribution in [3.63, 3.8) is 0 Å². The smallest absolute Gasteiger partial charge is 0.273 e. The first kappa shape index (κ1) is 14.2. The number of nitro benzene ring substituents is 1. The zero-order chi connectivity index (χ0) is 14.7. The highest BCUT2D eigenvalue weighted by Crippen LogP contribution is 2.32. The molecule has 0 radical (unpaired) electrons. The second-order valence-corrected chi connectivity index (χ2v) is 4.81. The molecule has 104 valence electrons. The zero-order valence-corrected chi connectivity index (χ0v) is 11.8. The van der Waals surface area contributed by atoms with E-state index in [1.807, 2.05) is 11.9 Å². The van der Waals surface area contributed by atoms with E-state index in [9.17, 15) is 10.1 Å². The summed E-state index contributed by atoms with van der Waals surface area (Å²) in [5, 5.41) is 11.2. The normalized spacial score (nSPS) is 10.3. The Hall–Kier alpha value is -2.21. The molecule has 7 heteroatoms. The van der Waals surface area contributed by atoms with Crippen LogP contribution < -0.4 is 4.90 Å². The van der Waals surface area contributed by atoms with Gasteiger partial charge in [-0.3, -0.25) is 20.1 Å². The monoisotopic (exact) mass is 292 g/mol. The van der Waals surface area contributed by atoms with Crippen molar-refractivity contribution in [1.29, 1.82) is 0 Å². The summed E-state index contributed by atoms with van der Waals surface area (Å²) in [7, 11) is 1.85. The average molecular weight is 293 g/mol. The number of halogens is 1. The molecule has 0 spiro atoms. The maximum atomic E-state index is 10.9. The Kier molecular flexibility index (Phi) is 4.14. The van der Waals surface area contributed by atoms with Crippen molar-refractivity contribution in [2.24, 2.45) is 0 Å². The molecule has 2 rings (SSSR count). The van der Waals surface area contributed by atoms with E-state index in [0.717, 1.165) is 11.4 Å². The van der Waals surface area contributed by atoms with Gasteiger partial charge in [0, 0.05) is 31.1 Å². The molecule has 0 fully saturated rings. The van der Waals surface area contributed by atoms with E-state index in [0.29, 0.717) is 17.1 Å². The molecule has 0 aliphatic rings. The summed E-state index contributed by atoms with van der Waals surface area (Å²) >= 11 is 6.12. The van der Waals surface area contributed by atoms with Gasteiger partial charge in [-0.15, -0.1) is 0 Å². The van der Waals surface area contributed by atoms with Gasteiger partial charge in [0.1, 0.15) is 0 Å². The Balaban J connectivity index is 2.29. The van der Waals surface area contributed by atoms with Gasteiger partial charge in [-0.05, 0) is 13.0 Å². The Bertz CT molecular complexity index is 634. The summed E-state index contributed by atoms with van der Waals surface area (Å²) in [6.45, 7) is 2.21. The lowest BCUT2D eigenvalue weighted by Gasteiger charge is -2.20. The fourth-order valence-corrected chi connectivity index (χ4v) is 2.19. The van der Waals surface area contributed by atoms with Crippen LogP contribution in [0, 0.1) is 17.0 Å². The van der Waals surface area contributed by atoms with Gasteiger partial charge in [-0.1, -0.05) is 11.6 Å². The molecule has 0 aliphatic carbocycles. The van der Waals surface area contributed by atoms with Gasteiger partial charge < -0.3 is 4.90 Å². The molecular formula is C13H13ClN4O2. The molecule has 0 bridgehead atoms. The van der Waals surface area contributed by atoms with Crippen LogP contribution in [0.4, 0.5) is 11.4 Å². The number of rotatable bonds is 4. The molecule has 1 aromatic carbocycles.